The quantitative estimate of drug-likeness (QED) is 0.448. The van der Waals surface area contributed by atoms with Gasteiger partial charge < -0.3 is 13.8 Å². The van der Waals surface area contributed by atoms with Crippen LogP contribution in [0.1, 0.15) is 13.8 Å². The maximum Gasteiger partial charge on any atom is -0.172 e. The van der Waals surface area contributed by atoms with Gasteiger partial charge in [0.05, 0.1) is 0 Å². The number of halogens is 1. The van der Waals surface area contributed by atoms with E-state index in [1.165, 1.54) is 19.4 Å². The zero-order chi connectivity index (χ0) is 9.54. The van der Waals surface area contributed by atoms with E-state index in [0.717, 1.165) is 0 Å². The number of rotatable bonds is 0. The van der Waals surface area contributed by atoms with Crippen LogP contribution < -0.4 is 0 Å². The van der Waals surface area contributed by atoms with Crippen LogP contribution in [0.2, 0.25) is 0 Å². The summed E-state index contributed by atoms with van der Waals surface area (Å²) in [6.07, 6.45) is 0. The van der Waals surface area contributed by atoms with Crippen molar-refractivity contribution in [1.29, 1.82) is 0 Å². The van der Waals surface area contributed by atoms with Crippen LogP contribution in [0.15, 0.2) is 30.3 Å². The van der Waals surface area contributed by atoms with Crippen molar-refractivity contribution in [1.82, 2.24) is 0 Å². The predicted molar refractivity (Wildman–Crippen MR) is 50.0 cm³/mol. The van der Waals surface area contributed by atoms with Gasteiger partial charge in [0.2, 0.25) is 0 Å². The Morgan fingerprint density at radius 2 is 1.27 bits per heavy atom. The number of hydrogen-bond donors (Lipinski definition) is 0. The first kappa shape index (κ1) is 17.4. The van der Waals surface area contributed by atoms with Gasteiger partial charge in [0.1, 0.15) is 0 Å². The summed E-state index contributed by atoms with van der Waals surface area (Å²) in [5, 5.41) is 0. The summed E-state index contributed by atoms with van der Waals surface area (Å²) in [6, 6.07) is 10.0. The van der Waals surface area contributed by atoms with Gasteiger partial charge in [-0.15, -0.1) is 0 Å². The maximum absolute atomic E-state index is 4.64. The van der Waals surface area contributed by atoms with E-state index in [1.807, 2.05) is 30.3 Å². The van der Waals surface area contributed by atoms with Crippen molar-refractivity contribution < 1.29 is 19.4 Å². The Morgan fingerprint density at radius 1 is 1.00 bits per heavy atom. The van der Waals surface area contributed by atoms with Gasteiger partial charge in [0.25, 0.3) is 0 Å². The van der Waals surface area contributed by atoms with Crippen LogP contribution in [-0.2, 0) is 19.4 Å². The van der Waals surface area contributed by atoms with E-state index in [1.54, 1.807) is 13.8 Å². The van der Waals surface area contributed by atoms with Crippen molar-refractivity contribution in [3.8, 4) is 0 Å². The Labute approximate surface area is 86.6 Å². The van der Waals surface area contributed by atoms with Crippen LogP contribution in [0.5, 0.6) is 0 Å². The molecule has 1 rings (SSSR count). The molecule has 2 heteroatoms. The predicted octanol–water partition coefficient (Wildman–Crippen LogP) is 3.77. The second-order valence-electron chi connectivity index (χ2n) is 0.962. The van der Waals surface area contributed by atoms with E-state index >= 15 is 0 Å². The van der Waals surface area contributed by atoms with E-state index in [2.05, 4.69) is 23.2 Å². The monoisotopic (exact) mass is 206 g/mol. The molecule has 0 saturated carbocycles. The second kappa shape index (κ2) is 31.6. The fourth-order valence-corrected chi connectivity index (χ4v) is 0.321. The maximum atomic E-state index is 4.64. The Kier molecular flexibility index (Phi) is 50.1. The van der Waals surface area contributed by atoms with Crippen LogP contribution in [0.4, 0.5) is 0 Å². The third kappa shape index (κ3) is 25.2. The molecule has 62 valence electrons. The topological polar surface area (TPSA) is 0 Å². The van der Waals surface area contributed by atoms with Gasteiger partial charge >= 0.3 is 28.7 Å². The Morgan fingerprint density at radius 3 is 1.36 bits per heavy atom. The molecule has 1 aromatic carbocycles. The van der Waals surface area contributed by atoms with Gasteiger partial charge in [0.15, 0.2) is 0 Å². The van der Waals surface area contributed by atoms with E-state index < -0.39 is 0 Å². The molecule has 0 aliphatic carbocycles. The van der Waals surface area contributed by atoms with Gasteiger partial charge in [-0.2, -0.15) is 32.0 Å². The van der Waals surface area contributed by atoms with Gasteiger partial charge in [-0.1, -0.05) is 0 Å². The fourth-order valence-electron chi connectivity index (χ4n) is 0.321. The van der Waals surface area contributed by atoms with Crippen LogP contribution in [-0.4, -0.2) is 0 Å². The van der Waals surface area contributed by atoms with E-state index in [-0.39, 0.29) is 0 Å². The minimum atomic E-state index is 1.47. The van der Waals surface area contributed by atoms with Gasteiger partial charge in [-0.25, -0.2) is 12.1 Å². The molecule has 0 amide bonds. The molecule has 0 heterocycles. The molecule has 0 N–H and O–H groups in total. The summed E-state index contributed by atoms with van der Waals surface area (Å²) < 4.78 is 0. The largest absolute Gasteiger partial charge is 0.214 e. The Hall–Kier alpha value is 0.354. The van der Waals surface area contributed by atoms with Crippen LogP contribution in [0.3, 0.4) is 0 Å². The molecular formula is C9H15ClTi. The second-order valence-corrected chi connectivity index (χ2v) is 0.962. The molecule has 11 heavy (non-hydrogen) atoms. The molecule has 0 aliphatic rings. The molecular weight excluding hydrogens is 191 g/mol. The van der Waals surface area contributed by atoms with Gasteiger partial charge in [-0.3, -0.25) is 0 Å². The normalized spacial score (nSPS) is 5.36. The molecule has 0 unspecified atom stereocenters. The Balaban J connectivity index is -0.0000000933. The molecule has 1 aromatic rings. The smallest absolute Gasteiger partial charge is 0.172 e. The summed E-state index contributed by atoms with van der Waals surface area (Å²) in [7, 11) is 4.64. The van der Waals surface area contributed by atoms with Gasteiger partial charge in [0, 0.05) is 0 Å². The third-order valence-corrected chi connectivity index (χ3v) is 0.556. The fraction of sp³-hybridized carbons (Fsp3) is 0.222. The number of hydrogen-bond acceptors (Lipinski definition) is 0. The summed E-state index contributed by atoms with van der Waals surface area (Å²) in [5.41, 5.74) is 0. The van der Waals surface area contributed by atoms with E-state index in [0.29, 0.717) is 0 Å². The van der Waals surface area contributed by atoms with Crippen molar-refractivity contribution in [3.05, 3.63) is 44.2 Å². The minimum Gasteiger partial charge on any atom is -0.214 e. The van der Waals surface area contributed by atoms with Crippen molar-refractivity contribution in [2.45, 2.75) is 13.8 Å². The molecule has 0 bridgehead atoms. The van der Waals surface area contributed by atoms with Crippen molar-refractivity contribution in [3.63, 3.8) is 0 Å². The molecule has 0 saturated heterocycles. The van der Waals surface area contributed by atoms with Crippen molar-refractivity contribution >= 4 is 9.30 Å². The molecule has 0 nitrogen and oxygen atoms in total. The Bertz CT molecular complexity index is 66.0. The van der Waals surface area contributed by atoms with Crippen molar-refractivity contribution in [2.75, 3.05) is 0 Å². The van der Waals surface area contributed by atoms with Crippen LogP contribution in [0, 0.1) is 13.8 Å². The van der Waals surface area contributed by atoms with Crippen molar-refractivity contribution in [2.24, 2.45) is 0 Å². The molecule has 0 spiro atoms. The average Bonchev–Trinajstić information content (AvgIpc) is 2.71. The summed E-state index contributed by atoms with van der Waals surface area (Å²) in [5.74, 6) is 0. The summed E-state index contributed by atoms with van der Waals surface area (Å²) in [6.45, 7) is 10.0. The first-order valence-corrected chi connectivity index (χ1v) is 5.42. The average molecular weight is 207 g/mol. The van der Waals surface area contributed by atoms with Crippen LogP contribution in [0.25, 0.3) is 0 Å². The van der Waals surface area contributed by atoms with E-state index in [4.69, 9.17) is 0 Å². The first-order chi connectivity index (χ1) is 5.50. The molecule has 0 atom stereocenters. The molecule has 0 radical (unpaired) electrons. The molecule has 0 aromatic heterocycles. The first-order valence-electron chi connectivity index (χ1n) is 3.27. The zero-order valence-corrected chi connectivity index (χ0v) is 9.50. The molecule has 0 fully saturated rings. The summed E-state index contributed by atoms with van der Waals surface area (Å²) in [4.78, 5) is 0. The third-order valence-electron chi connectivity index (χ3n) is 0.556. The standard InChI is InChI=1S/C5H5.2C2H5.ClH.Ti/c1-2-4-5-3-1;2*1-2;;/h1-5H;2*1H2,2H3;1H;/q3*-1;;+4/p-1. The zero-order valence-electron chi connectivity index (χ0n) is 7.18. The summed E-state index contributed by atoms with van der Waals surface area (Å²) >= 11 is 1.47. The SMILES string of the molecule is [CH2-]C.[CH2-]C.[Cl][Ti+3].c1cc[cH-]c1. The molecule has 0 aliphatic heterocycles. The van der Waals surface area contributed by atoms with E-state index in [9.17, 15) is 0 Å². The minimum absolute atomic E-state index is 1.47. The van der Waals surface area contributed by atoms with Gasteiger partial charge in [-0.05, 0) is 0 Å². The van der Waals surface area contributed by atoms with Crippen LogP contribution >= 0.6 is 9.30 Å².